The number of carbonyl (C=O) groups excluding carboxylic acids is 2. The smallest absolute Gasteiger partial charge is 0.306 e. The van der Waals surface area contributed by atoms with Gasteiger partial charge in [0.15, 0.2) is 18.7 Å². The van der Waals surface area contributed by atoms with Crippen LogP contribution in [0.5, 0.6) is 0 Å². The summed E-state index contributed by atoms with van der Waals surface area (Å²) in [6.07, 6.45) is 20.1. The molecule has 0 spiro atoms. The van der Waals surface area contributed by atoms with Gasteiger partial charge in [0, 0.05) is 12.8 Å². The fraction of sp³-hybridized carbons (Fsp3) is 0.792. The van der Waals surface area contributed by atoms with Gasteiger partial charge in [-0.05, 0) is 70.6 Å². The SMILES string of the molecule is CC/C=C/C/C=C/C/C=C/CCCCCCCC(=O)O[C@H](COC(=O)CCCCCCC/C=C/CCCCC)CO[C@@H]1O[C@H](CO[C@@H]2O[C@H](CO)[C@H](O)C(O)C2O)[C@H](O)C(O)C1O. The molecule has 2 saturated heterocycles. The predicted octanol–water partition coefficient (Wildman–Crippen LogP) is 5.54. The van der Waals surface area contributed by atoms with Gasteiger partial charge in [0.05, 0.1) is 19.8 Å². The summed E-state index contributed by atoms with van der Waals surface area (Å²) in [6, 6.07) is 0. The minimum Gasteiger partial charge on any atom is -0.462 e. The van der Waals surface area contributed by atoms with Crippen LogP contribution in [0.1, 0.15) is 149 Å². The standard InChI is InChI=1S/C48H82O15/c1-3-5-7-9-11-13-15-17-18-19-21-23-25-27-29-31-40(51)61-36(33-58-39(50)30-28-26-24-22-20-16-14-12-10-8-6-4-2)34-59-47-46(57)44(55)42(53)38(63-47)35-60-48-45(56)43(54)41(52)37(32-49)62-48/h5,7,11-14,17-18,36-38,41-49,52-57H,3-4,6,8-10,15-16,19-35H2,1-2H3/b7-5+,13-11+,14-12+,18-17+/t36-,37-,38-,41+,42+,43?,44?,45?,46?,47-,48-/m1/s1. The van der Waals surface area contributed by atoms with Crippen LogP contribution >= 0.6 is 0 Å². The summed E-state index contributed by atoms with van der Waals surface area (Å²) in [6.45, 7) is 2.40. The molecule has 0 aromatic carbocycles. The van der Waals surface area contributed by atoms with Gasteiger partial charge in [-0.1, -0.05) is 114 Å². The molecule has 0 aliphatic carbocycles. The lowest BCUT2D eigenvalue weighted by Crippen LogP contribution is -2.61. The number of hydrogen-bond donors (Lipinski definition) is 7. The quantitative estimate of drug-likeness (QED) is 0.0235. The van der Waals surface area contributed by atoms with Crippen molar-refractivity contribution in [3.8, 4) is 0 Å². The number of ether oxygens (including phenoxy) is 6. The third-order valence-corrected chi connectivity index (χ3v) is 11.0. The number of unbranched alkanes of at least 4 members (excludes halogenated alkanes) is 13. The summed E-state index contributed by atoms with van der Waals surface area (Å²) in [4.78, 5) is 25.6. The second-order valence-corrected chi connectivity index (χ2v) is 16.5. The molecule has 2 fully saturated rings. The minimum absolute atomic E-state index is 0.142. The van der Waals surface area contributed by atoms with Crippen molar-refractivity contribution in [1.82, 2.24) is 0 Å². The third-order valence-electron chi connectivity index (χ3n) is 11.0. The highest BCUT2D eigenvalue weighted by Crippen LogP contribution is 2.26. The zero-order valence-electron chi connectivity index (χ0n) is 38.0. The van der Waals surface area contributed by atoms with Crippen molar-refractivity contribution in [2.75, 3.05) is 26.4 Å². The summed E-state index contributed by atoms with van der Waals surface area (Å²) in [7, 11) is 0. The van der Waals surface area contributed by atoms with Gasteiger partial charge >= 0.3 is 11.9 Å². The Balaban J connectivity index is 1.86. The molecule has 15 nitrogen and oxygen atoms in total. The first-order valence-electron chi connectivity index (χ1n) is 23.7. The van der Waals surface area contributed by atoms with E-state index in [1.54, 1.807) is 0 Å². The Labute approximate surface area is 376 Å². The van der Waals surface area contributed by atoms with Crippen molar-refractivity contribution in [3.05, 3.63) is 48.6 Å². The van der Waals surface area contributed by atoms with E-state index < -0.39 is 99.3 Å². The van der Waals surface area contributed by atoms with E-state index in [-0.39, 0.29) is 19.4 Å². The van der Waals surface area contributed by atoms with E-state index in [1.165, 1.54) is 19.3 Å². The lowest BCUT2D eigenvalue weighted by molar-refractivity contribution is -0.332. The van der Waals surface area contributed by atoms with Crippen molar-refractivity contribution in [1.29, 1.82) is 0 Å². The van der Waals surface area contributed by atoms with Crippen LogP contribution in [-0.4, -0.2) is 142 Å². The van der Waals surface area contributed by atoms with Gasteiger partial charge in [0.2, 0.25) is 0 Å². The largest absolute Gasteiger partial charge is 0.462 e. The van der Waals surface area contributed by atoms with E-state index in [2.05, 4.69) is 62.5 Å². The maximum Gasteiger partial charge on any atom is 0.306 e. The first kappa shape index (κ1) is 56.6. The molecule has 15 heteroatoms. The third kappa shape index (κ3) is 24.5. The Bertz CT molecular complexity index is 1290. The lowest BCUT2D eigenvalue weighted by atomic mass is 9.98. The number of rotatable bonds is 35. The fourth-order valence-corrected chi connectivity index (χ4v) is 7.11. The van der Waals surface area contributed by atoms with Crippen LogP contribution in [0.3, 0.4) is 0 Å². The van der Waals surface area contributed by atoms with Crippen molar-refractivity contribution in [3.63, 3.8) is 0 Å². The molecule has 2 heterocycles. The molecule has 11 atom stereocenters. The van der Waals surface area contributed by atoms with E-state index in [0.29, 0.717) is 12.8 Å². The summed E-state index contributed by atoms with van der Waals surface area (Å²) in [5.74, 6) is -0.960. The second kappa shape index (κ2) is 35.7. The molecule has 364 valence electrons. The Hall–Kier alpha value is -2.54. The van der Waals surface area contributed by atoms with Gasteiger partial charge in [-0.3, -0.25) is 9.59 Å². The number of aliphatic hydroxyl groups is 7. The second-order valence-electron chi connectivity index (χ2n) is 16.5. The molecule has 0 aromatic heterocycles. The van der Waals surface area contributed by atoms with Crippen LogP contribution in [0.4, 0.5) is 0 Å². The highest BCUT2D eigenvalue weighted by atomic mass is 16.7. The molecule has 2 rings (SSSR count). The zero-order chi connectivity index (χ0) is 46.1. The van der Waals surface area contributed by atoms with Gasteiger partial charge in [0.25, 0.3) is 0 Å². The number of carbonyl (C=O) groups is 2. The predicted molar refractivity (Wildman–Crippen MR) is 238 cm³/mol. The van der Waals surface area contributed by atoms with E-state index in [9.17, 15) is 45.3 Å². The van der Waals surface area contributed by atoms with Gasteiger partial charge in [-0.2, -0.15) is 0 Å². The molecule has 0 radical (unpaired) electrons. The molecule has 0 saturated carbocycles. The number of aliphatic hydroxyl groups excluding tert-OH is 7. The van der Waals surface area contributed by atoms with Gasteiger partial charge in [-0.15, -0.1) is 0 Å². The van der Waals surface area contributed by atoms with E-state index in [1.807, 2.05) is 0 Å². The Morgan fingerprint density at radius 1 is 0.524 bits per heavy atom. The average molecular weight is 899 g/mol. The maximum absolute atomic E-state index is 12.9. The topological polar surface area (TPSA) is 231 Å². The van der Waals surface area contributed by atoms with Crippen LogP contribution in [-0.2, 0) is 38.0 Å². The first-order valence-corrected chi connectivity index (χ1v) is 23.7. The van der Waals surface area contributed by atoms with Crippen molar-refractivity contribution >= 4 is 11.9 Å². The van der Waals surface area contributed by atoms with Gasteiger partial charge < -0.3 is 64.2 Å². The molecule has 0 amide bonds. The van der Waals surface area contributed by atoms with Crippen LogP contribution in [0.15, 0.2) is 48.6 Å². The summed E-state index contributed by atoms with van der Waals surface area (Å²) in [5, 5.41) is 71.9. The molecule has 4 unspecified atom stereocenters. The van der Waals surface area contributed by atoms with Gasteiger partial charge in [-0.25, -0.2) is 0 Å². The maximum atomic E-state index is 12.9. The molecule has 0 aromatic rings. The molecular formula is C48H82O15. The van der Waals surface area contributed by atoms with Crippen molar-refractivity contribution < 1.29 is 73.8 Å². The number of esters is 2. The Morgan fingerprint density at radius 2 is 1.00 bits per heavy atom. The zero-order valence-corrected chi connectivity index (χ0v) is 38.0. The molecule has 2 aliphatic rings. The normalized spacial score (nSPS) is 27.3. The minimum atomic E-state index is -1.77. The number of allylic oxidation sites excluding steroid dienone is 8. The monoisotopic (exact) mass is 899 g/mol. The summed E-state index contributed by atoms with van der Waals surface area (Å²) >= 11 is 0. The van der Waals surface area contributed by atoms with E-state index in [0.717, 1.165) is 89.9 Å². The van der Waals surface area contributed by atoms with E-state index >= 15 is 0 Å². The lowest BCUT2D eigenvalue weighted by Gasteiger charge is -2.42. The van der Waals surface area contributed by atoms with Crippen LogP contribution < -0.4 is 0 Å². The molecule has 7 N–H and O–H groups in total. The van der Waals surface area contributed by atoms with Crippen LogP contribution in [0, 0.1) is 0 Å². The average Bonchev–Trinajstić information content (AvgIpc) is 3.28. The molecular weight excluding hydrogens is 817 g/mol. The van der Waals surface area contributed by atoms with Crippen LogP contribution in [0.25, 0.3) is 0 Å². The first-order chi connectivity index (χ1) is 30.5. The molecule has 2 aliphatic heterocycles. The molecule has 0 bridgehead atoms. The highest BCUT2D eigenvalue weighted by Gasteiger charge is 2.47. The van der Waals surface area contributed by atoms with Crippen molar-refractivity contribution in [2.45, 2.75) is 216 Å². The highest BCUT2D eigenvalue weighted by molar-refractivity contribution is 5.70. The van der Waals surface area contributed by atoms with Crippen LogP contribution in [0.2, 0.25) is 0 Å². The number of hydrogen-bond acceptors (Lipinski definition) is 15. The van der Waals surface area contributed by atoms with E-state index in [4.69, 9.17) is 28.4 Å². The van der Waals surface area contributed by atoms with Gasteiger partial charge in [0.1, 0.15) is 55.4 Å². The summed E-state index contributed by atoms with van der Waals surface area (Å²) in [5.41, 5.74) is 0. The fourth-order valence-electron chi connectivity index (χ4n) is 7.11. The van der Waals surface area contributed by atoms with Crippen molar-refractivity contribution in [2.24, 2.45) is 0 Å². The summed E-state index contributed by atoms with van der Waals surface area (Å²) < 4.78 is 33.5. The Kier molecular flexibility index (Phi) is 32.1. The molecule has 63 heavy (non-hydrogen) atoms. The Morgan fingerprint density at radius 3 is 1.59 bits per heavy atom.